The van der Waals surface area contributed by atoms with Gasteiger partial charge in [0, 0.05) is 24.3 Å². The molecule has 2 aromatic rings. The quantitative estimate of drug-likeness (QED) is 0.757. The number of halogens is 2. The maximum absolute atomic E-state index is 12.8. The number of benzene rings is 2. The van der Waals surface area contributed by atoms with Crippen LogP contribution in [0.15, 0.2) is 53.4 Å². The molecule has 1 fully saturated rings. The predicted octanol–water partition coefficient (Wildman–Crippen LogP) is 4.11. The third-order valence-corrected chi connectivity index (χ3v) is 6.57. The number of hydrogen-bond acceptors (Lipinski definition) is 4. The van der Waals surface area contributed by atoms with Crippen LogP contribution in [0.4, 0.5) is 14.5 Å². The van der Waals surface area contributed by atoms with E-state index in [4.69, 9.17) is 0 Å². The molecule has 0 saturated carbocycles. The molecule has 1 saturated heterocycles. The summed E-state index contributed by atoms with van der Waals surface area (Å²) in [7, 11) is -3.58. The van der Waals surface area contributed by atoms with Crippen LogP contribution in [0.3, 0.4) is 0 Å². The average molecular weight is 424 g/mol. The molecule has 0 bridgehead atoms. The number of alkyl halides is 2. The zero-order chi connectivity index (χ0) is 20.9. The van der Waals surface area contributed by atoms with Crippen LogP contribution < -0.4 is 10.1 Å². The minimum Gasteiger partial charge on any atom is -0.435 e. The van der Waals surface area contributed by atoms with Gasteiger partial charge in [0.25, 0.3) is 5.91 Å². The van der Waals surface area contributed by atoms with Crippen LogP contribution in [0, 0.1) is 0 Å². The van der Waals surface area contributed by atoms with Crippen LogP contribution in [0.25, 0.3) is 0 Å². The van der Waals surface area contributed by atoms with Crippen molar-refractivity contribution in [2.45, 2.75) is 37.2 Å². The van der Waals surface area contributed by atoms with Gasteiger partial charge < -0.3 is 10.1 Å². The Hall–Kier alpha value is -2.52. The molecule has 1 aliphatic heterocycles. The Bertz CT molecular complexity index is 924. The molecule has 0 aromatic heterocycles. The Morgan fingerprint density at radius 1 is 0.931 bits per heavy atom. The first-order chi connectivity index (χ1) is 13.9. The molecule has 0 unspecified atom stereocenters. The van der Waals surface area contributed by atoms with E-state index in [0.717, 1.165) is 25.7 Å². The highest BCUT2D eigenvalue weighted by molar-refractivity contribution is 7.89. The van der Waals surface area contributed by atoms with Crippen molar-refractivity contribution in [2.24, 2.45) is 0 Å². The van der Waals surface area contributed by atoms with E-state index in [0.29, 0.717) is 18.8 Å². The Morgan fingerprint density at radius 2 is 1.52 bits per heavy atom. The summed E-state index contributed by atoms with van der Waals surface area (Å²) in [6.07, 6.45) is 3.75. The number of carbonyl (C=O) groups excluding carboxylic acids is 1. The van der Waals surface area contributed by atoms with Crippen molar-refractivity contribution in [1.29, 1.82) is 0 Å². The fourth-order valence-electron chi connectivity index (χ4n) is 3.13. The lowest BCUT2D eigenvalue weighted by Crippen LogP contribution is -2.31. The largest absolute Gasteiger partial charge is 0.435 e. The number of nitrogens with one attached hydrogen (secondary N) is 1. The fourth-order valence-corrected chi connectivity index (χ4v) is 4.65. The summed E-state index contributed by atoms with van der Waals surface area (Å²) in [5.74, 6) is -0.452. The topological polar surface area (TPSA) is 75.7 Å². The van der Waals surface area contributed by atoms with E-state index in [-0.39, 0.29) is 16.2 Å². The predicted molar refractivity (Wildman–Crippen MR) is 105 cm³/mol. The van der Waals surface area contributed by atoms with Crippen LogP contribution in [0.1, 0.15) is 36.0 Å². The number of hydrogen-bond donors (Lipinski definition) is 1. The summed E-state index contributed by atoms with van der Waals surface area (Å²) in [4.78, 5) is 12.5. The molecule has 0 aliphatic carbocycles. The Kier molecular flexibility index (Phi) is 6.81. The molecule has 1 N–H and O–H groups in total. The maximum Gasteiger partial charge on any atom is 0.387 e. The van der Waals surface area contributed by atoms with Gasteiger partial charge in [-0.2, -0.15) is 13.1 Å². The minimum absolute atomic E-state index is 0.0129. The SMILES string of the molecule is O=C(Nc1ccc(OC(F)F)cc1)c1ccc(S(=O)(=O)N2CCCCCC2)cc1. The standard InChI is InChI=1S/C20H22F2N2O4S/c21-20(22)28-17-9-7-16(8-10-17)23-19(25)15-5-11-18(12-6-15)29(26,27)24-13-3-1-2-4-14-24/h5-12,20H,1-4,13-14H2,(H,23,25). The van der Waals surface area contributed by atoms with Crippen molar-refractivity contribution in [3.05, 3.63) is 54.1 Å². The number of ether oxygens (including phenoxy) is 1. The van der Waals surface area contributed by atoms with Gasteiger partial charge in [-0.25, -0.2) is 8.42 Å². The fraction of sp³-hybridized carbons (Fsp3) is 0.350. The molecule has 0 spiro atoms. The summed E-state index contributed by atoms with van der Waals surface area (Å²) >= 11 is 0. The Morgan fingerprint density at radius 3 is 2.07 bits per heavy atom. The number of anilines is 1. The number of carbonyl (C=O) groups is 1. The van der Waals surface area contributed by atoms with Gasteiger partial charge in [0.1, 0.15) is 5.75 Å². The molecule has 9 heteroatoms. The maximum atomic E-state index is 12.8. The smallest absolute Gasteiger partial charge is 0.387 e. The van der Waals surface area contributed by atoms with Crippen LogP contribution in [-0.4, -0.2) is 38.3 Å². The lowest BCUT2D eigenvalue weighted by atomic mass is 10.2. The second-order valence-electron chi connectivity index (χ2n) is 6.70. The van der Waals surface area contributed by atoms with E-state index in [1.807, 2.05) is 0 Å². The second-order valence-corrected chi connectivity index (χ2v) is 8.64. The van der Waals surface area contributed by atoms with E-state index in [1.54, 1.807) is 0 Å². The van der Waals surface area contributed by atoms with Crippen molar-refractivity contribution in [2.75, 3.05) is 18.4 Å². The zero-order valence-electron chi connectivity index (χ0n) is 15.7. The summed E-state index contributed by atoms with van der Waals surface area (Å²) < 4.78 is 55.7. The number of sulfonamides is 1. The van der Waals surface area contributed by atoms with Crippen molar-refractivity contribution in [3.8, 4) is 5.75 Å². The third kappa shape index (κ3) is 5.51. The van der Waals surface area contributed by atoms with E-state index in [9.17, 15) is 22.0 Å². The number of amides is 1. The van der Waals surface area contributed by atoms with Gasteiger partial charge in [-0.15, -0.1) is 0 Å². The van der Waals surface area contributed by atoms with Gasteiger partial charge in [0.05, 0.1) is 4.90 Å². The highest BCUT2D eigenvalue weighted by Gasteiger charge is 2.25. The van der Waals surface area contributed by atoms with Gasteiger partial charge in [-0.1, -0.05) is 12.8 Å². The van der Waals surface area contributed by atoms with Crippen molar-refractivity contribution in [3.63, 3.8) is 0 Å². The summed E-state index contributed by atoms with van der Waals surface area (Å²) in [5, 5.41) is 2.63. The third-order valence-electron chi connectivity index (χ3n) is 4.66. The summed E-state index contributed by atoms with van der Waals surface area (Å²) in [6.45, 7) is -1.90. The molecule has 2 aromatic carbocycles. The molecule has 0 atom stereocenters. The highest BCUT2D eigenvalue weighted by atomic mass is 32.2. The first-order valence-corrected chi connectivity index (χ1v) is 10.8. The molecule has 6 nitrogen and oxygen atoms in total. The van der Waals surface area contributed by atoms with E-state index < -0.39 is 22.5 Å². The van der Waals surface area contributed by atoms with Gasteiger partial charge in [-0.3, -0.25) is 4.79 Å². The van der Waals surface area contributed by atoms with Crippen molar-refractivity contribution in [1.82, 2.24) is 4.31 Å². The van der Waals surface area contributed by atoms with Gasteiger partial charge >= 0.3 is 6.61 Å². The molecule has 1 aliphatic rings. The molecule has 1 heterocycles. The zero-order valence-corrected chi connectivity index (χ0v) is 16.5. The molecule has 3 rings (SSSR count). The van der Waals surface area contributed by atoms with Gasteiger partial charge in [-0.05, 0) is 61.4 Å². The van der Waals surface area contributed by atoms with Crippen molar-refractivity contribution < 1.29 is 26.7 Å². The van der Waals surface area contributed by atoms with E-state index in [2.05, 4.69) is 10.1 Å². The van der Waals surface area contributed by atoms with E-state index >= 15 is 0 Å². The summed E-state index contributed by atoms with van der Waals surface area (Å²) in [5.41, 5.74) is 0.686. The van der Waals surface area contributed by atoms with Crippen molar-refractivity contribution >= 4 is 21.6 Å². The van der Waals surface area contributed by atoms with Crippen LogP contribution in [0.2, 0.25) is 0 Å². The minimum atomic E-state index is -3.58. The molecular formula is C20H22F2N2O4S. The molecular weight excluding hydrogens is 402 g/mol. The van der Waals surface area contributed by atoms with Gasteiger partial charge in [0.2, 0.25) is 10.0 Å². The van der Waals surface area contributed by atoms with Gasteiger partial charge in [0.15, 0.2) is 0 Å². The molecule has 29 heavy (non-hydrogen) atoms. The molecule has 0 radical (unpaired) electrons. The Labute approximate surface area is 168 Å². The Balaban J connectivity index is 1.66. The first kappa shape index (κ1) is 21.2. The van der Waals surface area contributed by atoms with Crippen LogP contribution in [-0.2, 0) is 10.0 Å². The first-order valence-electron chi connectivity index (χ1n) is 9.33. The lowest BCUT2D eigenvalue weighted by molar-refractivity contribution is -0.0498. The number of nitrogens with zero attached hydrogens (tertiary/aromatic N) is 1. The highest BCUT2D eigenvalue weighted by Crippen LogP contribution is 2.22. The van der Waals surface area contributed by atoms with Crippen LogP contribution >= 0.6 is 0 Å². The van der Waals surface area contributed by atoms with Crippen LogP contribution in [0.5, 0.6) is 5.75 Å². The van der Waals surface area contributed by atoms with E-state index in [1.165, 1.54) is 52.8 Å². The average Bonchev–Trinajstić information content (AvgIpc) is 2.99. The monoisotopic (exact) mass is 424 g/mol. The number of rotatable bonds is 6. The molecule has 1 amide bonds. The summed E-state index contributed by atoms with van der Waals surface area (Å²) in [6, 6.07) is 11.3. The normalized spacial score (nSPS) is 15.7. The lowest BCUT2D eigenvalue weighted by Gasteiger charge is -2.20. The second kappa shape index (κ2) is 9.32. The molecule has 156 valence electrons.